The summed E-state index contributed by atoms with van der Waals surface area (Å²) in [5, 5.41) is 0. The van der Waals surface area contributed by atoms with Crippen LogP contribution in [0.3, 0.4) is 0 Å². The van der Waals surface area contributed by atoms with Crippen molar-refractivity contribution in [2.45, 2.75) is 31.2 Å². The average molecular weight is 489 g/mol. The van der Waals surface area contributed by atoms with Crippen LogP contribution < -0.4 is 9.62 Å². The predicted octanol–water partition coefficient (Wildman–Crippen LogP) is 3.97. The number of methoxy groups -OCH3 is 1. The number of sulfonamides is 1. The first-order valence-electron chi connectivity index (χ1n) is 10.9. The lowest BCUT2D eigenvalue weighted by Gasteiger charge is -2.20. The number of rotatable bonds is 4. The molecule has 0 aromatic heterocycles. The molecule has 1 unspecified atom stereocenters. The van der Waals surface area contributed by atoms with E-state index in [9.17, 15) is 18.0 Å². The summed E-state index contributed by atoms with van der Waals surface area (Å²) in [5.74, 6) is 5.46. The zero-order chi connectivity index (χ0) is 25.2. The van der Waals surface area contributed by atoms with Crippen molar-refractivity contribution >= 4 is 33.3 Å². The maximum Gasteiger partial charge on any atom is 0.337 e. The van der Waals surface area contributed by atoms with Crippen LogP contribution in [0.2, 0.25) is 0 Å². The van der Waals surface area contributed by atoms with Crippen molar-refractivity contribution in [3.05, 3.63) is 89.0 Å². The molecule has 3 aromatic carbocycles. The van der Waals surface area contributed by atoms with Crippen LogP contribution in [-0.2, 0) is 26.0 Å². The van der Waals surface area contributed by atoms with E-state index < -0.39 is 16.0 Å². The number of esters is 1. The molecule has 8 heteroatoms. The molecule has 0 bridgehead atoms. The minimum absolute atomic E-state index is 0.0167. The van der Waals surface area contributed by atoms with Gasteiger partial charge < -0.3 is 9.64 Å². The maximum atomic E-state index is 13.0. The number of fused-ring (bicyclic) bond motifs is 1. The molecule has 178 valence electrons. The molecule has 35 heavy (non-hydrogen) atoms. The van der Waals surface area contributed by atoms with Crippen molar-refractivity contribution < 1.29 is 22.7 Å². The number of amides is 1. The molecular weight excluding hydrogens is 464 g/mol. The monoisotopic (exact) mass is 488 g/mol. The molecule has 0 radical (unpaired) electrons. The van der Waals surface area contributed by atoms with E-state index in [2.05, 4.69) is 16.6 Å². The summed E-state index contributed by atoms with van der Waals surface area (Å²) in [4.78, 5) is 25.5. The van der Waals surface area contributed by atoms with Gasteiger partial charge in [-0.3, -0.25) is 9.52 Å². The van der Waals surface area contributed by atoms with Gasteiger partial charge in [0.25, 0.3) is 10.0 Å². The van der Waals surface area contributed by atoms with Gasteiger partial charge in [-0.1, -0.05) is 24.0 Å². The molecule has 0 aliphatic carbocycles. The van der Waals surface area contributed by atoms with E-state index in [0.717, 1.165) is 11.3 Å². The largest absolute Gasteiger partial charge is 0.465 e. The smallest absolute Gasteiger partial charge is 0.337 e. The Morgan fingerprint density at radius 3 is 2.37 bits per heavy atom. The number of nitrogens with zero attached hydrogens (tertiary/aromatic N) is 1. The molecular formula is C27H24N2O5S. The lowest BCUT2D eigenvalue weighted by Crippen LogP contribution is -2.33. The standard InChI is InChI=1S/C27H24N2O5S/c1-18-14-23-17-25(12-13-26(23)29(18)19(2)30)35(32,33)28-24-9-5-7-21(16-24)11-10-20-6-4-8-22(15-20)27(31)34-3/h4-9,12-13,15-18,28H,14H2,1-3H3. The van der Waals surface area contributed by atoms with Crippen molar-refractivity contribution in [1.82, 2.24) is 0 Å². The highest BCUT2D eigenvalue weighted by molar-refractivity contribution is 7.92. The summed E-state index contributed by atoms with van der Waals surface area (Å²) < 4.78 is 33.4. The van der Waals surface area contributed by atoms with Crippen LogP contribution in [0.25, 0.3) is 0 Å². The highest BCUT2D eigenvalue weighted by Gasteiger charge is 2.30. The SMILES string of the molecule is COC(=O)c1cccc(C#Cc2cccc(NS(=O)(=O)c3ccc4c(c3)CC(C)N4C(C)=O)c2)c1. The molecule has 0 saturated heterocycles. The summed E-state index contributed by atoms with van der Waals surface area (Å²) in [5.41, 5.74) is 3.58. The van der Waals surface area contributed by atoms with Crippen LogP contribution in [0, 0.1) is 11.8 Å². The number of hydrogen-bond acceptors (Lipinski definition) is 5. The maximum absolute atomic E-state index is 13.0. The second-order valence-electron chi connectivity index (χ2n) is 8.24. The number of carbonyl (C=O) groups excluding carboxylic acids is 2. The fourth-order valence-corrected chi connectivity index (χ4v) is 5.21. The number of benzene rings is 3. The van der Waals surface area contributed by atoms with Gasteiger partial charge in [-0.15, -0.1) is 0 Å². The first kappa shape index (κ1) is 24.0. The normalized spacial score (nSPS) is 14.5. The van der Waals surface area contributed by atoms with Crippen LogP contribution in [0.4, 0.5) is 11.4 Å². The Morgan fingerprint density at radius 2 is 1.69 bits per heavy atom. The summed E-state index contributed by atoms with van der Waals surface area (Å²) in [7, 11) is -2.53. The molecule has 1 N–H and O–H groups in total. The molecule has 3 aromatic rings. The zero-order valence-corrected chi connectivity index (χ0v) is 20.3. The topological polar surface area (TPSA) is 92.8 Å². The quantitative estimate of drug-likeness (QED) is 0.443. The minimum atomic E-state index is -3.85. The fourth-order valence-electron chi connectivity index (χ4n) is 4.12. The number of hydrogen-bond donors (Lipinski definition) is 1. The summed E-state index contributed by atoms with van der Waals surface area (Å²) in [6.07, 6.45) is 0.598. The van der Waals surface area contributed by atoms with Gasteiger partial charge in [0.05, 0.1) is 23.3 Å². The van der Waals surface area contributed by atoms with Crippen LogP contribution in [0.5, 0.6) is 0 Å². The first-order chi connectivity index (χ1) is 16.7. The molecule has 4 rings (SSSR count). The Morgan fingerprint density at radius 1 is 1.00 bits per heavy atom. The third-order valence-electron chi connectivity index (χ3n) is 5.67. The van der Waals surface area contributed by atoms with E-state index >= 15 is 0 Å². The van der Waals surface area contributed by atoms with E-state index in [0.29, 0.717) is 28.8 Å². The van der Waals surface area contributed by atoms with Crippen LogP contribution in [-0.4, -0.2) is 33.4 Å². The number of anilines is 2. The van der Waals surface area contributed by atoms with E-state index in [-0.39, 0.29) is 16.8 Å². The summed E-state index contributed by atoms with van der Waals surface area (Å²) in [6, 6.07) is 18.3. The van der Waals surface area contributed by atoms with Crippen molar-refractivity contribution in [2.75, 3.05) is 16.7 Å². The van der Waals surface area contributed by atoms with Gasteiger partial charge >= 0.3 is 5.97 Å². The molecule has 0 saturated carbocycles. The fraction of sp³-hybridized carbons (Fsp3) is 0.185. The van der Waals surface area contributed by atoms with Crippen LogP contribution >= 0.6 is 0 Å². The highest BCUT2D eigenvalue weighted by atomic mass is 32.2. The summed E-state index contributed by atoms with van der Waals surface area (Å²) in [6.45, 7) is 3.44. The van der Waals surface area contributed by atoms with Gasteiger partial charge in [-0.2, -0.15) is 0 Å². The Balaban J connectivity index is 1.55. The van der Waals surface area contributed by atoms with Crippen molar-refractivity contribution in [2.24, 2.45) is 0 Å². The third kappa shape index (κ3) is 5.20. The van der Waals surface area contributed by atoms with Crippen molar-refractivity contribution in [1.29, 1.82) is 0 Å². The van der Waals surface area contributed by atoms with Gasteiger partial charge in [0.15, 0.2) is 0 Å². The molecule has 7 nitrogen and oxygen atoms in total. The van der Waals surface area contributed by atoms with E-state index in [1.807, 2.05) is 6.92 Å². The lowest BCUT2D eigenvalue weighted by molar-refractivity contribution is -0.116. The Labute approximate surface area is 204 Å². The van der Waals surface area contributed by atoms with Gasteiger partial charge in [-0.05, 0) is 73.5 Å². The minimum Gasteiger partial charge on any atom is -0.465 e. The van der Waals surface area contributed by atoms with E-state index in [4.69, 9.17) is 4.74 Å². The number of nitrogens with one attached hydrogen (secondary N) is 1. The predicted molar refractivity (Wildman–Crippen MR) is 134 cm³/mol. The number of carbonyl (C=O) groups is 2. The zero-order valence-electron chi connectivity index (χ0n) is 19.5. The number of ether oxygens (including phenoxy) is 1. The molecule has 0 spiro atoms. The highest BCUT2D eigenvalue weighted by Crippen LogP contribution is 2.34. The van der Waals surface area contributed by atoms with Gasteiger partial charge in [0, 0.05) is 29.8 Å². The van der Waals surface area contributed by atoms with Crippen molar-refractivity contribution in [3.8, 4) is 11.8 Å². The molecule has 0 fully saturated rings. The molecule has 1 amide bonds. The van der Waals surface area contributed by atoms with Crippen molar-refractivity contribution in [3.63, 3.8) is 0 Å². The van der Waals surface area contributed by atoms with E-state index in [1.165, 1.54) is 20.1 Å². The van der Waals surface area contributed by atoms with Gasteiger partial charge in [0.1, 0.15) is 0 Å². The van der Waals surface area contributed by atoms with E-state index in [1.54, 1.807) is 65.6 Å². The second-order valence-corrected chi connectivity index (χ2v) is 9.92. The van der Waals surface area contributed by atoms with Gasteiger partial charge in [-0.25, -0.2) is 13.2 Å². The molecule has 1 aliphatic heterocycles. The average Bonchev–Trinajstić information content (AvgIpc) is 3.17. The third-order valence-corrected chi connectivity index (χ3v) is 7.04. The Kier molecular flexibility index (Phi) is 6.63. The second kappa shape index (κ2) is 9.65. The summed E-state index contributed by atoms with van der Waals surface area (Å²) >= 11 is 0. The molecule has 1 heterocycles. The lowest BCUT2D eigenvalue weighted by atomic mass is 10.1. The van der Waals surface area contributed by atoms with Crippen LogP contribution in [0.15, 0.2) is 71.6 Å². The van der Waals surface area contributed by atoms with Crippen LogP contribution in [0.1, 0.15) is 40.9 Å². The molecule has 1 atom stereocenters. The molecule has 1 aliphatic rings. The first-order valence-corrected chi connectivity index (χ1v) is 12.4. The Bertz CT molecular complexity index is 1480. The van der Waals surface area contributed by atoms with Gasteiger partial charge in [0.2, 0.25) is 5.91 Å². The Hall–Kier alpha value is -4.09.